The van der Waals surface area contributed by atoms with Crippen molar-refractivity contribution in [3.63, 3.8) is 0 Å². The molecule has 1 N–H and O–H groups in total. The smallest absolute Gasteiger partial charge is 0.449 e. The zero-order chi connectivity index (χ0) is 18.3. The average molecular weight is 350 g/mol. The van der Waals surface area contributed by atoms with Crippen LogP contribution in [0.2, 0.25) is 0 Å². The monoisotopic (exact) mass is 350 g/mol. The Hall–Kier alpha value is -1.00. The Kier molecular flexibility index (Phi) is 5.35. The molecule has 0 saturated carbocycles. The van der Waals surface area contributed by atoms with Crippen LogP contribution in [0.25, 0.3) is 0 Å². The first-order valence-electron chi connectivity index (χ1n) is 6.79. The van der Waals surface area contributed by atoms with Gasteiger partial charge in [0.1, 0.15) is 12.7 Å². The van der Waals surface area contributed by atoms with Crippen molar-refractivity contribution >= 4 is 5.97 Å². The lowest BCUT2D eigenvalue weighted by Gasteiger charge is -2.30. The first kappa shape index (κ1) is 20.0. The van der Waals surface area contributed by atoms with Crippen molar-refractivity contribution in [2.75, 3.05) is 13.7 Å². The number of aliphatic hydroxyl groups is 1. The van der Waals surface area contributed by atoms with Crippen LogP contribution in [-0.2, 0) is 19.0 Å². The molecule has 0 aromatic rings. The molecule has 3 atom stereocenters. The molecule has 23 heavy (non-hydrogen) atoms. The molecule has 0 bridgehead atoms. The summed E-state index contributed by atoms with van der Waals surface area (Å²) in [4.78, 5) is 11.8. The van der Waals surface area contributed by atoms with E-state index in [-0.39, 0.29) is 0 Å². The van der Waals surface area contributed by atoms with Crippen LogP contribution in [-0.4, -0.2) is 54.9 Å². The second kappa shape index (κ2) is 6.14. The molecule has 136 valence electrons. The fourth-order valence-electron chi connectivity index (χ4n) is 1.96. The molecule has 0 radical (unpaired) electrons. The summed E-state index contributed by atoms with van der Waals surface area (Å²) in [5.41, 5.74) is -0.940. The van der Waals surface area contributed by atoms with Crippen molar-refractivity contribution in [1.82, 2.24) is 0 Å². The lowest BCUT2D eigenvalue weighted by molar-refractivity contribution is -0.409. The minimum absolute atomic E-state index is 0.369. The number of hydrogen-bond acceptors (Lipinski definition) is 5. The fraction of sp³-hybridized carbons (Fsp3) is 0.923. The standard InChI is InChI=1S/C13H19F5O5/c1-5-10(2,3)9(19)22-6-7-8(21-4)11(14,15)12(20,23-7)13(16,17)18/h7-8,20H,5-6H2,1-4H3. The molecule has 1 saturated heterocycles. The van der Waals surface area contributed by atoms with Crippen LogP contribution in [0.5, 0.6) is 0 Å². The van der Waals surface area contributed by atoms with Gasteiger partial charge in [0.15, 0.2) is 6.10 Å². The maximum absolute atomic E-state index is 13.9. The van der Waals surface area contributed by atoms with E-state index in [1.54, 1.807) is 6.92 Å². The van der Waals surface area contributed by atoms with Gasteiger partial charge in [0.2, 0.25) is 0 Å². The molecule has 1 fully saturated rings. The topological polar surface area (TPSA) is 65.0 Å². The van der Waals surface area contributed by atoms with Crippen LogP contribution in [0.15, 0.2) is 0 Å². The Morgan fingerprint density at radius 1 is 1.30 bits per heavy atom. The molecule has 1 heterocycles. The fourth-order valence-corrected chi connectivity index (χ4v) is 1.96. The van der Waals surface area contributed by atoms with E-state index in [4.69, 9.17) is 4.74 Å². The van der Waals surface area contributed by atoms with Crippen molar-refractivity contribution < 1.29 is 46.1 Å². The molecule has 1 rings (SSSR count). The molecule has 1 aliphatic rings. The van der Waals surface area contributed by atoms with E-state index >= 15 is 0 Å². The zero-order valence-electron chi connectivity index (χ0n) is 13.0. The second-order valence-corrected chi connectivity index (χ2v) is 5.91. The number of esters is 1. The van der Waals surface area contributed by atoms with E-state index < -0.39 is 48.1 Å². The molecular weight excluding hydrogens is 331 g/mol. The molecule has 0 amide bonds. The molecule has 0 aliphatic carbocycles. The van der Waals surface area contributed by atoms with E-state index in [0.717, 1.165) is 7.11 Å². The number of rotatable bonds is 5. The number of alkyl halides is 5. The van der Waals surface area contributed by atoms with Crippen LogP contribution in [0.4, 0.5) is 22.0 Å². The van der Waals surface area contributed by atoms with Gasteiger partial charge in [0, 0.05) is 7.11 Å². The average Bonchev–Trinajstić information content (AvgIpc) is 2.62. The van der Waals surface area contributed by atoms with Crippen molar-refractivity contribution in [1.29, 1.82) is 0 Å². The highest BCUT2D eigenvalue weighted by molar-refractivity contribution is 5.75. The number of ether oxygens (including phenoxy) is 3. The lowest BCUT2D eigenvalue weighted by atomic mass is 9.91. The first-order chi connectivity index (χ1) is 10.2. The quantitative estimate of drug-likeness (QED) is 0.609. The molecule has 5 nitrogen and oxygen atoms in total. The Bertz CT molecular complexity index is 451. The highest BCUT2D eigenvalue weighted by atomic mass is 19.4. The lowest BCUT2D eigenvalue weighted by Crippen LogP contribution is -2.59. The Balaban J connectivity index is 2.95. The van der Waals surface area contributed by atoms with Crippen molar-refractivity contribution in [3.05, 3.63) is 0 Å². The van der Waals surface area contributed by atoms with Gasteiger partial charge in [0.25, 0.3) is 0 Å². The summed E-state index contributed by atoms with van der Waals surface area (Å²) in [6, 6.07) is 0. The third kappa shape index (κ3) is 3.29. The molecule has 10 heteroatoms. The van der Waals surface area contributed by atoms with Crippen LogP contribution in [0, 0.1) is 5.41 Å². The van der Waals surface area contributed by atoms with Crippen LogP contribution < -0.4 is 0 Å². The van der Waals surface area contributed by atoms with Crippen molar-refractivity contribution in [3.8, 4) is 0 Å². The zero-order valence-corrected chi connectivity index (χ0v) is 13.0. The van der Waals surface area contributed by atoms with Gasteiger partial charge in [-0.2, -0.15) is 22.0 Å². The first-order valence-corrected chi connectivity index (χ1v) is 6.79. The van der Waals surface area contributed by atoms with E-state index in [2.05, 4.69) is 9.47 Å². The maximum atomic E-state index is 13.9. The highest BCUT2D eigenvalue weighted by Crippen LogP contribution is 2.52. The second-order valence-electron chi connectivity index (χ2n) is 5.91. The highest BCUT2D eigenvalue weighted by Gasteiger charge is 2.80. The minimum Gasteiger partial charge on any atom is -0.462 e. The van der Waals surface area contributed by atoms with E-state index in [0.29, 0.717) is 6.42 Å². The number of hydrogen-bond donors (Lipinski definition) is 1. The van der Waals surface area contributed by atoms with Gasteiger partial charge in [-0.3, -0.25) is 4.79 Å². The van der Waals surface area contributed by atoms with Gasteiger partial charge in [0.05, 0.1) is 5.41 Å². The number of carbonyl (C=O) groups excluding carboxylic acids is 1. The van der Waals surface area contributed by atoms with Gasteiger partial charge in [-0.05, 0) is 20.3 Å². The van der Waals surface area contributed by atoms with Gasteiger partial charge in [-0.15, -0.1) is 0 Å². The SMILES string of the molecule is CCC(C)(C)C(=O)OCC1OC(O)(C(F)(F)F)C(F)(F)C1OC. The van der Waals surface area contributed by atoms with Gasteiger partial charge < -0.3 is 19.3 Å². The molecule has 0 aromatic heterocycles. The Labute approximate surface area is 129 Å². The Morgan fingerprint density at radius 2 is 1.83 bits per heavy atom. The summed E-state index contributed by atoms with van der Waals surface area (Å²) in [5.74, 6) is -10.3. The van der Waals surface area contributed by atoms with Gasteiger partial charge in [-0.1, -0.05) is 6.92 Å². The Morgan fingerprint density at radius 3 is 2.22 bits per heavy atom. The largest absolute Gasteiger partial charge is 0.462 e. The molecule has 3 unspecified atom stereocenters. The van der Waals surface area contributed by atoms with E-state index in [1.165, 1.54) is 13.8 Å². The summed E-state index contributed by atoms with van der Waals surface area (Å²) in [6.45, 7) is 3.83. The maximum Gasteiger partial charge on any atom is 0.449 e. The molecule has 1 aliphatic heterocycles. The molecular formula is C13H19F5O5. The van der Waals surface area contributed by atoms with Crippen molar-refractivity contribution in [2.45, 2.75) is 57.3 Å². The van der Waals surface area contributed by atoms with Crippen molar-refractivity contribution in [2.24, 2.45) is 5.41 Å². The summed E-state index contributed by atoms with van der Waals surface area (Å²) in [5, 5.41) is 9.28. The predicted octanol–water partition coefficient (Wildman–Crippen LogP) is 2.27. The normalized spacial score (nSPS) is 31.2. The molecule has 0 spiro atoms. The van der Waals surface area contributed by atoms with Crippen LogP contribution in [0.3, 0.4) is 0 Å². The summed E-state index contributed by atoms with van der Waals surface area (Å²) in [7, 11) is 0.745. The van der Waals surface area contributed by atoms with Crippen LogP contribution >= 0.6 is 0 Å². The third-order valence-electron chi connectivity index (χ3n) is 3.92. The van der Waals surface area contributed by atoms with E-state index in [1.807, 2.05) is 0 Å². The summed E-state index contributed by atoms with van der Waals surface area (Å²) >= 11 is 0. The number of methoxy groups -OCH3 is 1. The third-order valence-corrected chi connectivity index (χ3v) is 3.92. The van der Waals surface area contributed by atoms with Crippen LogP contribution in [0.1, 0.15) is 27.2 Å². The number of carbonyl (C=O) groups is 1. The van der Waals surface area contributed by atoms with E-state index in [9.17, 15) is 31.9 Å². The van der Waals surface area contributed by atoms with Gasteiger partial charge in [-0.25, -0.2) is 0 Å². The summed E-state index contributed by atoms with van der Waals surface area (Å²) in [6.07, 6.45) is -9.78. The summed E-state index contributed by atoms with van der Waals surface area (Å²) < 4.78 is 79.2. The molecule has 0 aromatic carbocycles. The van der Waals surface area contributed by atoms with Gasteiger partial charge >= 0.3 is 23.9 Å². The number of halogens is 5. The minimum atomic E-state index is -5.76. The predicted molar refractivity (Wildman–Crippen MR) is 66.7 cm³/mol.